The van der Waals surface area contributed by atoms with Crippen LogP contribution in [0.5, 0.6) is 0 Å². The molecular weight excluding hydrogens is 150 g/mol. The quantitative estimate of drug-likeness (QED) is 0.503. The Morgan fingerprint density at radius 3 is 2.67 bits per heavy atom. The number of nitrogens with one attached hydrogen (secondary N) is 1. The third-order valence-electron chi connectivity index (χ3n) is 1.80. The first-order chi connectivity index (χ1) is 5.79. The summed E-state index contributed by atoms with van der Waals surface area (Å²) in [5.41, 5.74) is 4.45. The van der Waals surface area contributed by atoms with Crippen LogP contribution in [0.2, 0.25) is 0 Å². The molecule has 0 aromatic heterocycles. The highest BCUT2D eigenvalue weighted by molar-refractivity contribution is 5.31. The number of aryl methyl sites for hydroxylation is 1. The largest absolute Gasteiger partial charge is 0.270 e. The van der Waals surface area contributed by atoms with Crippen LogP contribution in [0.15, 0.2) is 24.3 Å². The number of benzene rings is 1. The van der Waals surface area contributed by atoms with Crippen molar-refractivity contribution in [2.24, 2.45) is 5.84 Å². The predicted molar refractivity (Wildman–Crippen MR) is 46.9 cm³/mol. The molecule has 1 unspecified atom stereocenters. The molecule has 3 N–H and O–H groups in total. The smallest absolute Gasteiger partial charge is 0.133 e. The molecule has 0 heterocycles. The Kier molecular flexibility index (Phi) is 2.81. The maximum Gasteiger partial charge on any atom is 0.133 e. The maximum absolute atomic E-state index is 8.71. The van der Waals surface area contributed by atoms with Crippen LogP contribution in [0, 0.1) is 18.3 Å². The minimum atomic E-state index is -0.411. The lowest BCUT2D eigenvalue weighted by Gasteiger charge is -2.09. The SMILES string of the molecule is Cc1ccccc1C(C#N)NN. The Morgan fingerprint density at radius 1 is 1.50 bits per heavy atom. The molecule has 0 aliphatic heterocycles. The second-order valence-corrected chi connectivity index (χ2v) is 2.59. The van der Waals surface area contributed by atoms with Crippen LogP contribution in [0.4, 0.5) is 0 Å². The molecule has 0 saturated carbocycles. The molecule has 0 aliphatic carbocycles. The standard InChI is InChI=1S/C9H11N3/c1-7-4-2-3-5-8(7)9(6-10)12-11/h2-5,9,12H,11H2,1H3. The molecule has 0 spiro atoms. The zero-order valence-corrected chi connectivity index (χ0v) is 6.91. The van der Waals surface area contributed by atoms with Crippen LogP contribution in [0.25, 0.3) is 0 Å². The van der Waals surface area contributed by atoms with Gasteiger partial charge in [-0.1, -0.05) is 24.3 Å². The molecule has 0 fully saturated rings. The summed E-state index contributed by atoms with van der Waals surface area (Å²) in [5.74, 6) is 5.21. The van der Waals surface area contributed by atoms with Crippen molar-refractivity contribution in [2.75, 3.05) is 0 Å². The highest BCUT2D eigenvalue weighted by Crippen LogP contribution is 2.15. The Hall–Kier alpha value is -1.37. The second kappa shape index (κ2) is 3.86. The van der Waals surface area contributed by atoms with Crippen molar-refractivity contribution in [2.45, 2.75) is 13.0 Å². The summed E-state index contributed by atoms with van der Waals surface area (Å²) >= 11 is 0. The van der Waals surface area contributed by atoms with Crippen molar-refractivity contribution in [3.05, 3.63) is 35.4 Å². The molecule has 0 bridgehead atoms. The van der Waals surface area contributed by atoms with Gasteiger partial charge >= 0.3 is 0 Å². The van der Waals surface area contributed by atoms with Crippen molar-refractivity contribution in [3.63, 3.8) is 0 Å². The van der Waals surface area contributed by atoms with Crippen molar-refractivity contribution in [1.82, 2.24) is 5.43 Å². The lowest BCUT2D eigenvalue weighted by atomic mass is 10.0. The van der Waals surface area contributed by atoms with Crippen LogP contribution in [-0.4, -0.2) is 0 Å². The average molecular weight is 161 g/mol. The third-order valence-corrected chi connectivity index (χ3v) is 1.80. The molecule has 62 valence electrons. The van der Waals surface area contributed by atoms with Crippen LogP contribution in [0.1, 0.15) is 17.2 Å². The van der Waals surface area contributed by atoms with E-state index in [1.54, 1.807) is 0 Å². The van der Waals surface area contributed by atoms with Crippen LogP contribution in [-0.2, 0) is 0 Å². The molecule has 1 rings (SSSR count). The highest BCUT2D eigenvalue weighted by Gasteiger charge is 2.08. The van der Waals surface area contributed by atoms with Crippen LogP contribution >= 0.6 is 0 Å². The zero-order valence-electron chi connectivity index (χ0n) is 6.91. The van der Waals surface area contributed by atoms with E-state index in [2.05, 4.69) is 11.5 Å². The molecule has 0 aliphatic rings. The molecule has 1 atom stereocenters. The Balaban J connectivity index is 3.02. The maximum atomic E-state index is 8.71. The van der Waals surface area contributed by atoms with Crippen molar-refractivity contribution in [1.29, 1.82) is 5.26 Å². The first-order valence-corrected chi connectivity index (χ1v) is 3.71. The summed E-state index contributed by atoms with van der Waals surface area (Å²) in [4.78, 5) is 0. The Bertz CT molecular complexity index is 301. The summed E-state index contributed by atoms with van der Waals surface area (Å²) < 4.78 is 0. The summed E-state index contributed by atoms with van der Waals surface area (Å²) in [6.45, 7) is 1.96. The van der Waals surface area contributed by atoms with Crippen LogP contribution < -0.4 is 11.3 Å². The highest BCUT2D eigenvalue weighted by atomic mass is 15.2. The minimum absolute atomic E-state index is 0.411. The average Bonchev–Trinajstić information content (AvgIpc) is 2.10. The van der Waals surface area contributed by atoms with Gasteiger partial charge in [-0.15, -0.1) is 0 Å². The fourth-order valence-electron chi connectivity index (χ4n) is 1.11. The number of nitrogens with zero attached hydrogens (tertiary/aromatic N) is 1. The third kappa shape index (κ3) is 1.62. The molecule has 12 heavy (non-hydrogen) atoms. The Morgan fingerprint density at radius 2 is 2.17 bits per heavy atom. The number of hydrogen-bond donors (Lipinski definition) is 2. The number of nitriles is 1. The van der Waals surface area contributed by atoms with E-state index in [-0.39, 0.29) is 0 Å². The van der Waals surface area contributed by atoms with Gasteiger partial charge < -0.3 is 0 Å². The fraction of sp³-hybridized carbons (Fsp3) is 0.222. The molecule has 1 aromatic carbocycles. The van der Waals surface area contributed by atoms with Gasteiger partial charge in [-0.25, -0.2) is 5.43 Å². The van der Waals surface area contributed by atoms with Gasteiger partial charge in [0.15, 0.2) is 0 Å². The van der Waals surface area contributed by atoms with E-state index < -0.39 is 6.04 Å². The second-order valence-electron chi connectivity index (χ2n) is 2.59. The van der Waals surface area contributed by atoms with Gasteiger partial charge in [0, 0.05) is 0 Å². The zero-order chi connectivity index (χ0) is 8.97. The topological polar surface area (TPSA) is 61.8 Å². The van der Waals surface area contributed by atoms with E-state index in [4.69, 9.17) is 11.1 Å². The predicted octanol–water partition coefficient (Wildman–Crippen LogP) is 1.02. The minimum Gasteiger partial charge on any atom is -0.270 e. The number of nitrogens with two attached hydrogens (primary N) is 1. The monoisotopic (exact) mass is 161 g/mol. The van der Waals surface area contributed by atoms with Gasteiger partial charge in [0.25, 0.3) is 0 Å². The van der Waals surface area contributed by atoms with E-state index in [1.165, 1.54) is 0 Å². The molecule has 3 nitrogen and oxygen atoms in total. The molecule has 1 aromatic rings. The molecule has 0 amide bonds. The van der Waals surface area contributed by atoms with E-state index in [0.717, 1.165) is 11.1 Å². The van der Waals surface area contributed by atoms with E-state index >= 15 is 0 Å². The van der Waals surface area contributed by atoms with Gasteiger partial charge in [0.05, 0.1) is 6.07 Å². The first-order valence-electron chi connectivity index (χ1n) is 3.71. The van der Waals surface area contributed by atoms with Crippen molar-refractivity contribution >= 4 is 0 Å². The van der Waals surface area contributed by atoms with Crippen LogP contribution in [0.3, 0.4) is 0 Å². The molecule has 0 saturated heterocycles. The fourth-order valence-corrected chi connectivity index (χ4v) is 1.11. The first kappa shape index (κ1) is 8.72. The lowest BCUT2D eigenvalue weighted by Crippen LogP contribution is -2.27. The van der Waals surface area contributed by atoms with Gasteiger partial charge in [0.1, 0.15) is 6.04 Å². The summed E-state index contributed by atoms with van der Waals surface area (Å²) in [6, 6.07) is 9.34. The Labute approximate surface area is 71.8 Å². The van der Waals surface area contributed by atoms with Gasteiger partial charge in [-0.2, -0.15) is 5.26 Å². The summed E-state index contributed by atoms with van der Waals surface area (Å²) in [6.07, 6.45) is 0. The van der Waals surface area contributed by atoms with Gasteiger partial charge in [-0.05, 0) is 18.1 Å². The summed E-state index contributed by atoms with van der Waals surface area (Å²) in [7, 11) is 0. The summed E-state index contributed by atoms with van der Waals surface area (Å²) in [5, 5.41) is 8.71. The lowest BCUT2D eigenvalue weighted by molar-refractivity contribution is 0.663. The number of rotatable bonds is 2. The number of hydrogen-bond acceptors (Lipinski definition) is 3. The molecular formula is C9H11N3. The van der Waals surface area contributed by atoms with Crippen molar-refractivity contribution < 1.29 is 0 Å². The normalized spacial score (nSPS) is 12.1. The van der Waals surface area contributed by atoms with E-state index in [0.29, 0.717) is 0 Å². The van der Waals surface area contributed by atoms with E-state index in [9.17, 15) is 0 Å². The molecule has 3 heteroatoms. The van der Waals surface area contributed by atoms with E-state index in [1.807, 2.05) is 31.2 Å². The van der Waals surface area contributed by atoms with Crippen molar-refractivity contribution in [3.8, 4) is 6.07 Å². The van der Waals surface area contributed by atoms with Gasteiger partial charge in [-0.3, -0.25) is 5.84 Å². The molecule has 0 radical (unpaired) electrons. The van der Waals surface area contributed by atoms with Gasteiger partial charge in [0.2, 0.25) is 0 Å². The number of hydrazine groups is 1.